The van der Waals surface area contributed by atoms with Crippen LogP contribution in [0.3, 0.4) is 0 Å². The van der Waals surface area contributed by atoms with Crippen molar-refractivity contribution in [2.75, 3.05) is 19.7 Å². The molecule has 3 heterocycles. The van der Waals surface area contributed by atoms with E-state index in [1.807, 2.05) is 6.33 Å². The van der Waals surface area contributed by atoms with Gasteiger partial charge in [0, 0.05) is 36.4 Å². The molecule has 2 aliphatic heterocycles. The number of imidazole rings is 1. The Balaban J connectivity index is 1.78. The van der Waals surface area contributed by atoms with Gasteiger partial charge in [0.25, 0.3) is 0 Å². The lowest BCUT2D eigenvalue weighted by Crippen LogP contribution is -2.39. The summed E-state index contributed by atoms with van der Waals surface area (Å²) in [6, 6.07) is 0. The molecule has 3 rings (SSSR count). The number of hydrogen-bond acceptors (Lipinski definition) is 3. The van der Waals surface area contributed by atoms with Crippen molar-refractivity contribution in [3.8, 4) is 0 Å². The Labute approximate surface area is 115 Å². The number of hydrogen-bond donors (Lipinski definition) is 1. The van der Waals surface area contributed by atoms with E-state index in [1.54, 1.807) is 0 Å². The highest BCUT2D eigenvalue weighted by molar-refractivity contribution is 5.15. The van der Waals surface area contributed by atoms with Crippen molar-refractivity contribution in [3.05, 3.63) is 18.2 Å². The van der Waals surface area contributed by atoms with Crippen LogP contribution in [-0.2, 0) is 16.7 Å². The molecule has 2 unspecified atom stereocenters. The second-order valence-corrected chi connectivity index (χ2v) is 6.37. The first-order chi connectivity index (χ1) is 9.19. The molecule has 0 aliphatic carbocycles. The Morgan fingerprint density at radius 1 is 1.47 bits per heavy atom. The van der Waals surface area contributed by atoms with Crippen molar-refractivity contribution < 1.29 is 4.74 Å². The minimum absolute atomic E-state index is 0.282. The third-order valence-electron chi connectivity index (χ3n) is 5.00. The normalized spacial score (nSPS) is 30.6. The van der Waals surface area contributed by atoms with Crippen molar-refractivity contribution in [3.63, 3.8) is 0 Å². The van der Waals surface area contributed by atoms with Gasteiger partial charge in [0.2, 0.25) is 0 Å². The molecule has 4 heteroatoms. The lowest BCUT2D eigenvalue weighted by Gasteiger charge is -2.35. The van der Waals surface area contributed by atoms with Crippen LogP contribution in [0.5, 0.6) is 0 Å². The van der Waals surface area contributed by atoms with Gasteiger partial charge in [-0.25, -0.2) is 4.98 Å². The summed E-state index contributed by atoms with van der Waals surface area (Å²) in [5.41, 5.74) is 1.69. The van der Waals surface area contributed by atoms with Crippen molar-refractivity contribution >= 4 is 0 Å². The maximum Gasteiger partial charge on any atom is 0.0948 e. The topological polar surface area (TPSA) is 39.1 Å². The smallest absolute Gasteiger partial charge is 0.0948 e. The van der Waals surface area contributed by atoms with Gasteiger partial charge in [0.15, 0.2) is 0 Å². The molecule has 0 saturated carbocycles. The number of ether oxygens (including phenoxy) is 1. The van der Waals surface area contributed by atoms with Crippen LogP contribution in [0.4, 0.5) is 0 Å². The standard InChI is InChI=1S/C15H25N3O/c1-12-13(3-8-19-12)10-18-11-17-9-14(18)15(2)4-6-16-7-5-15/h9,11-13,16H,3-8,10H2,1-2H3. The second-order valence-electron chi connectivity index (χ2n) is 6.37. The zero-order chi connectivity index (χ0) is 13.3. The van der Waals surface area contributed by atoms with Gasteiger partial charge in [-0.3, -0.25) is 0 Å². The van der Waals surface area contributed by atoms with E-state index in [0.29, 0.717) is 12.0 Å². The lowest BCUT2D eigenvalue weighted by molar-refractivity contribution is 0.101. The van der Waals surface area contributed by atoms with Crippen LogP contribution in [0, 0.1) is 5.92 Å². The summed E-state index contributed by atoms with van der Waals surface area (Å²) < 4.78 is 8.06. The average molecular weight is 263 g/mol. The van der Waals surface area contributed by atoms with Gasteiger partial charge in [0.1, 0.15) is 0 Å². The fourth-order valence-corrected chi connectivity index (χ4v) is 3.47. The van der Waals surface area contributed by atoms with Gasteiger partial charge in [-0.05, 0) is 39.3 Å². The van der Waals surface area contributed by atoms with Crippen molar-refractivity contribution in [2.24, 2.45) is 5.92 Å². The molecule has 2 fully saturated rings. The largest absolute Gasteiger partial charge is 0.378 e. The van der Waals surface area contributed by atoms with Crippen LogP contribution < -0.4 is 5.32 Å². The highest BCUT2D eigenvalue weighted by Crippen LogP contribution is 2.33. The van der Waals surface area contributed by atoms with Crippen molar-refractivity contribution in [2.45, 2.75) is 51.2 Å². The predicted octanol–water partition coefficient (Wildman–Crippen LogP) is 1.95. The SMILES string of the molecule is CC1OCCC1Cn1cncc1C1(C)CCNCC1. The van der Waals surface area contributed by atoms with Crippen LogP contribution in [0.1, 0.15) is 38.8 Å². The molecule has 4 nitrogen and oxygen atoms in total. The first-order valence-corrected chi connectivity index (χ1v) is 7.52. The lowest BCUT2D eigenvalue weighted by atomic mass is 9.78. The summed E-state index contributed by atoms with van der Waals surface area (Å²) >= 11 is 0. The monoisotopic (exact) mass is 263 g/mol. The first-order valence-electron chi connectivity index (χ1n) is 7.52. The zero-order valence-electron chi connectivity index (χ0n) is 12.1. The maximum absolute atomic E-state index is 5.68. The summed E-state index contributed by atoms with van der Waals surface area (Å²) in [7, 11) is 0. The molecule has 0 radical (unpaired) electrons. The second kappa shape index (κ2) is 5.25. The third-order valence-corrected chi connectivity index (χ3v) is 5.00. The molecular formula is C15H25N3O. The molecule has 0 spiro atoms. The number of rotatable bonds is 3. The van der Waals surface area contributed by atoms with E-state index in [2.05, 4.69) is 34.9 Å². The van der Waals surface area contributed by atoms with E-state index in [1.165, 1.54) is 25.0 Å². The van der Waals surface area contributed by atoms with Gasteiger partial charge in [-0.2, -0.15) is 0 Å². The van der Waals surface area contributed by atoms with Crippen LogP contribution in [0.2, 0.25) is 0 Å². The highest BCUT2D eigenvalue weighted by Gasteiger charge is 2.33. The van der Waals surface area contributed by atoms with E-state index in [-0.39, 0.29) is 5.41 Å². The van der Waals surface area contributed by atoms with E-state index < -0.39 is 0 Å². The molecule has 2 saturated heterocycles. The summed E-state index contributed by atoms with van der Waals surface area (Å²) in [5, 5.41) is 3.45. The molecule has 1 aromatic heterocycles. The average Bonchev–Trinajstić information content (AvgIpc) is 3.01. The third kappa shape index (κ3) is 2.56. The zero-order valence-corrected chi connectivity index (χ0v) is 12.1. The predicted molar refractivity (Wildman–Crippen MR) is 75.2 cm³/mol. The molecule has 1 N–H and O–H groups in total. The van der Waals surface area contributed by atoms with Gasteiger partial charge in [-0.15, -0.1) is 0 Å². The number of nitrogens with one attached hydrogen (secondary N) is 1. The minimum atomic E-state index is 0.282. The van der Waals surface area contributed by atoms with Crippen LogP contribution >= 0.6 is 0 Å². The number of piperidine rings is 1. The number of aromatic nitrogens is 2. The Kier molecular flexibility index (Phi) is 3.63. The summed E-state index contributed by atoms with van der Waals surface area (Å²) in [5.74, 6) is 0.637. The summed E-state index contributed by atoms with van der Waals surface area (Å²) in [4.78, 5) is 4.41. The number of nitrogens with zero attached hydrogens (tertiary/aromatic N) is 2. The molecule has 0 amide bonds. The Bertz CT molecular complexity index is 423. The minimum Gasteiger partial charge on any atom is -0.378 e. The van der Waals surface area contributed by atoms with Crippen molar-refractivity contribution in [1.82, 2.24) is 14.9 Å². The highest BCUT2D eigenvalue weighted by atomic mass is 16.5. The molecule has 0 aromatic carbocycles. The van der Waals surface area contributed by atoms with E-state index >= 15 is 0 Å². The van der Waals surface area contributed by atoms with Gasteiger partial charge >= 0.3 is 0 Å². The van der Waals surface area contributed by atoms with Crippen LogP contribution in [0.15, 0.2) is 12.5 Å². The maximum atomic E-state index is 5.68. The summed E-state index contributed by atoms with van der Waals surface area (Å²) in [6.45, 7) is 8.78. The van der Waals surface area contributed by atoms with Crippen molar-refractivity contribution in [1.29, 1.82) is 0 Å². The fraction of sp³-hybridized carbons (Fsp3) is 0.800. The molecule has 2 aliphatic rings. The molecule has 19 heavy (non-hydrogen) atoms. The fourth-order valence-electron chi connectivity index (χ4n) is 3.47. The van der Waals surface area contributed by atoms with E-state index in [0.717, 1.165) is 26.2 Å². The quantitative estimate of drug-likeness (QED) is 0.906. The Hall–Kier alpha value is -0.870. The van der Waals surface area contributed by atoms with Gasteiger partial charge in [0.05, 0.1) is 12.4 Å². The first kappa shape index (κ1) is 13.1. The Morgan fingerprint density at radius 3 is 2.95 bits per heavy atom. The molecule has 0 bridgehead atoms. The molecular weight excluding hydrogens is 238 g/mol. The summed E-state index contributed by atoms with van der Waals surface area (Å²) in [6.07, 6.45) is 8.05. The van der Waals surface area contributed by atoms with Crippen LogP contribution in [0.25, 0.3) is 0 Å². The molecule has 2 atom stereocenters. The van der Waals surface area contributed by atoms with Crippen LogP contribution in [-0.4, -0.2) is 35.4 Å². The van der Waals surface area contributed by atoms with E-state index in [9.17, 15) is 0 Å². The Morgan fingerprint density at radius 2 is 2.26 bits per heavy atom. The molecule has 106 valence electrons. The van der Waals surface area contributed by atoms with Gasteiger partial charge in [-0.1, -0.05) is 6.92 Å². The van der Waals surface area contributed by atoms with Gasteiger partial charge < -0.3 is 14.6 Å². The van der Waals surface area contributed by atoms with E-state index in [4.69, 9.17) is 4.74 Å². The molecule has 1 aromatic rings.